The molecule has 39 heavy (non-hydrogen) atoms. The van der Waals surface area contributed by atoms with Gasteiger partial charge in [0, 0.05) is 60.2 Å². The molecule has 0 unspecified atom stereocenters. The van der Waals surface area contributed by atoms with Crippen LogP contribution in [0.3, 0.4) is 0 Å². The normalized spacial score (nSPS) is 9.67. The molecule has 0 saturated heterocycles. The molecule has 0 aromatic heterocycles. The van der Waals surface area contributed by atoms with E-state index < -0.39 is 12.5 Å². The van der Waals surface area contributed by atoms with Gasteiger partial charge in [0.05, 0.1) is 25.6 Å². The minimum Gasteiger partial charge on any atom is -2.00 e. The van der Waals surface area contributed by atoms with E-state index in [1.54, 1.807) is 61.0 Å². The Morgan fingerprint density at radius 3 is 1.51 bits per heavy atom. The predicted octanol–water partition coefficient (Wildman–Crippen LogP) is 0.702. The molecule has 0 aliphatic heterocycles. The van der Waals surface area contributed by atoms with Crippen LogP contribution in [-0.4, -0.2) is 44.2 Å². The van der Waals surface area contributed by atoms with Gasteiger partial charge in [0.2, 0.25) is 0 Å². The van der Waals surface area contributed by atoms with Gasteiger partial charge in [-0.3, -0.25) is 15.0 Å². The summed E-state index contributed by atoms with van der Waals surface area (Å²) in [5.41, 5.74) is 1.49. The molecule has 0 spiro atoms. The number of hydrogen-bond donors (Lipinski definition) is 0. The number of carboxylic acids is 1. The fraction of sp³-hybridized carbons (Fsp3) is 0.120. The van der Waals surface area contributed by atoms with Crippen molar-refractivity contribution in [1.29, 1.82) is 0 Å². The Hall–Kier alpha value is -2.93. The van der Waals surface area contributed by atoms with Gasteiger partial charge in [0.1, 0.15) is 0 Å². The first-order valence-corrected chi connectivity index (χ1v) is 10.8. The molecule has 3 aromatic carbocycles. The summed E-state index contributed by atoms with van der Waals surface area (Å²) < 4.78 is 0.743. The van der Waals surface area contributed by atoms with Crippen molar-refractivity contribution in [3.63, 3.8) is 0 Å². The number of benzene rings is 3. The van der Waals surface area contributed by atoms with E-state index in [2.05, 4.69) is 30.9 Å². The zero-order valence-corrected chi connectivity index (χ0v) is 24.5. The average molecular weight is 672 g/mol. The van der Waals surface area contributed by atoms with E-state index in [1.165, 1.54) is 24.4 Å². The summed E-state index contributed by atoms with van der Waals surface area (Å²) in [4.78, 5) is 21.8. The zero-order chi connectivity index (χ0) is 24.8. The fourth-order valence-electron chi connectivity index (χ4n) is 2.45. The van der Waals surface area contributed by atoms with Crippen molar-refractivity contribution in [1.82, 2.24) is 0 Å². The van der Waals surface area contributed by atoms with Crippen LogP contribution in [0.5, 0.6) is 17.2 Å². The SMILES string of the molecule is O=C([O-])CN=Cc1cc(Br)ccc1[O-].[O-2].[O-2].[O-2].[O-]c1ccccc1C=NCCN=Cc1ccccc1[O-].[V].[V]. The van der Waals surface area contributed by atoms with E-state index in [0.717, 1.165) is 4.47 Å². The van der Waals surface area contributed by atoms with Crippen LogP contribution < -0.4 is 20.4 Å². The molecular formula is C25H20BrN3O8V2-10. The maximum absolute atomic E-state index is 11.4. The number of carboxylic acid groups (broad SMARTS) is 1. The summed E-state index contributed by atoms with van der Waals surface area (Å²) in [6.45, 7) is 0.518. The Balaban J connectivity index is -0.000000291. The molecular weight excluding hydrogens is 652 g/mol. The molecule has 0 aliphatic rings. The quantitative estimate of drug-likeness (QED) is 0.248. The van der Waals surface area contributed by atoms with Gasteiger partial charge in [-0.2, -0.15) is 0 Å². The number of rotatable bonds is 8. The van der Waals surface area contributed by atoms with E-state index >= 15 is 0 Å². The number of halogens is 1. The second-order valence-corrected chi connectivity index (χ2v) is 7.59. The van der Waals surface area contributed by atoms with Gasteiger partial charge in [-0.05, 0) is 28.8 Å². The van der Waals surface area contributed by atoms with Crippen LogP contribution in [0.25, 0.3) is 0 Å². The topological polar surface area (TPSA) is 232 Å². The number of hydrogen-bond acceptors (Lipinski definition) is 8. The molecule has 3 rings (SSSR count). The van der Waals surface area contributed by atoms with Gasteiger partial charge < -0.3 is 41.6 Å². The fourth-order valence-corrected chi connectivity index (χ4v) is 2.83. The molecule has 0 heterocycles. The summed E-state index contributed by atoms with van der Waals surface area (Å²) in [6, 6.07) is 18.0. The van der Waals surface area contributed by atoms with Gasteiger partial charge >= 0.3 is 0 Å². The smallest absolute Gasteiger partial charge is 0.0785 e. The number of nitrogens with zero attached hydrogens (tertiary/aromatic N) is 3. The zero-order valence-electron chi connectivity index (χ0n) is 20.1. The van der Waals surface area contributed by atoms with E-state index in [0.29, 0.717) is 29.8 Å². The van der Waals surface area contributed by atoms with Gasteiger partial charge in [-0.25, -0.2) is 0 Å². The molecule has 0 fully saturated rings. The molecule has 0 atom stereocenters. The Morgan fingerprint density at radius 2 is 1.08 bits per heavy atom. The molecule has 0 amide bonds. The van der Waals surface area contributed by atoms with Crippen molar-refractivity contribution in [3.8, 4) is 17.2 Å². The van der Waals surface area contributed by atoms with Crippen LogP contribution in [0.4, 0.5) is 0 Å². The van der Waals surface area contributed by atoms with Gasteiger partial charge in [-0.15, -0.1) is 11.5 Å². The van der Waals surface area contributed by atoms with Gasteiger partial charge in [0.15, 0.2) is 0 Å². The van der Waals surface area contributed by atoms with Crippen LogP contribution in [0.1, 0.15) is 16.7 Å². The minimum atomic E-state index is -1.27. The summed E-state index contributed by atoms with van der Waals surface area (Å²) in [5, 5.41) is 44.0. The maximum Gasteiger partial charge on any atom is 0.0785 e. The van der Waals surface area contributed by atoms with Crippen LogP contribution in [-0.2, 0) is 58.3 Å². The molecule has 11 nitrogen and oxygen atoms in total. The molecule has 0 saturated carbocycles. The van der Waals surface area contributed by atoms with E-state index in [-0.39, 0.29) is 70.8 Å². The molecule has 14 heteroatoms. The Bertz CT molecular complexity index is 1140. The number of para-hydroxylation sites is 2. The Labute approximate surface area is 257 Å². The van der Waals surface area contributed by atoms with Crippen LogP contribution >= 0.6 is 15.9 Å². The van der Waals surface area contributed by atoms with Crippen LogP contribution in [0.15, 0.2) is 86.2 Å². The van der Waals surface area contributed by atoms with E-state index in [4.69, 9.17) is 0 Å². The second-order valence-electron chi connectivity index (χ2n) is 6.67. The largest absolute Gasteiger partial charge is 2.00 e. The van der Waals surface area contributed by atoms with Crippen molar-refractivity contribution in [2.75, 3.05) is 19.6 Å². The van der Waals surface area contributed by atoms with Crippen molar-refractivity contribution < 1.29 is 78.8 Å². The number of aliphatic imine (C=N–C) groups is 3. The number of aliphatic carboxylic acids is 1. The van der Waals surface area contributed by atoms with Crippen molar-refractivity contribution >= 4 is 40.5 Å². The van der Waals surface area contributed by atoms with Gasteiger partial charge in [0.25, 0.3) is 0 Å². The first-order valence-electron chi connectivity index (χ1n) is 10.0. The van der Waals surface area contributed by atoms with Crippen molar-refractivity contribution in [2.45, 2.75) is 0 Å². The third kappa shape index (κ3) is 17.3. The summed E-state index contributed by atoms with van der Waals surface area (Å²) in [6.07, 6.45) is 4.34. The molecule has 0 aliphatic carbocycles. The molecule has 210 valence electrons. The van der Waals surface area contributed by atoms with Gasteiger partial charge in [-0.1, -0.05) is 76.3 Å². The molecule has 3 aromatic rings. The molecule has 0 bridgehead atoms. The third-order valence-corrected chi connectivity index (χ3v) is 4.57. The maximum atomic E-state index is 11.4. The van der Waals surface area contributed by atoms with E-state index in [1.807, 2.05) is 0 Å². The van der Waals surface area contributed by atoms with Crippen LogP contribution in [0.2, 0.25) is 0 Å². The second kappa shape index (κ2) is 24.1. The molecule has 0 N–H and O–H groups in total. The minimum absolute atomic E-state index is 0. The monoisotopic (exact) mass is 671 g/mol. The first kappa shape index (κ1) is 43.1. The Kier molecular flexibility index (Phi) is 26.7. The predicted molar refractivity (Wildman–Crippen MR) is 130 cm³/mol. The van der Waals surface area contributed by atoms with Crippen molar-refractivity contribution in [2.24, 2.45) is 15.0 Å². The number of carbonyl (C=O) groups excluding carboxylic acids is 1. The van der Waals surface area contributed by atoms with Crippen LogP contribution in [0, 0.1) is 0 Å². The van der Waals surface area contributed by atoms with Crippen molar-refractivity contribution in [3.05, 3.63) is 87.9 Å². The summed E-state index contributed by atoms with van der Waals surface area (Å²) in [5.74, 6) is -1.56. The standard InChI is InChI=1S/C16H16N2O2.C9H8BrNO3.3O.2V/c19-15-7-3-1-5-13(15)11-17-9-10-18-12-14-6-2-4-8-16(14)20;10-7-1-2-8(12)6(3-7)4-11-5-9(13)14;;;;;/h1-8,11-12,19-20H,9-10H2;1-4,12H,5H2,(H,13,14);;;;;/q;;3*-2;;/p-4. The Morgan fingerprint density at radius 1 is 0.667 bits per heavy atom. The molecule has 2 radical (unpaired) electrons. The summed E-state index contributed by atoms with van der Waals surface area (Å²) >= 11 is 3.19. The first-order chi connectivity index (χ1) is 16.4. The van der Waals surface area contributed by atoms with E-state index in [9.17, 15) is 25.2 Å². The summed E-state index contributed by atoms with van der Waals surface area (Å²) in [7, 11) is 0. The third-order valence-electron chi connectivity index (χ3n) is 4.08. The number of carbonyl (C=O) groups is 1. The average Bonchev–Trinajstić information content (AvgIpc) is 2.81.